The van der Waals surface area contributed by atoms with Crippen LogP contribution in [-0.4, -0.2) is 132 Å². The van der Waals surface area contributed by atoms with Crippen molar-refractivity contribution in [3.63, 3.8) is 0 Å². The van der Waals surface area contributed by atoms with Crippen molar-refractivity contribution >= 4 is 35.6 Å². The minimum Gasteiger partial charge on any atom is -0.461 e. The zero-order valence-corrected chi connectivity index (χ0v) is 38.3. The van der Waals surface area contributed by atoms with Gasteiger partial charge in [0.05, 0.1) is 30.5 Å². The van der Waals surface area contributed by atoms with E-state index in [9.17, 15) is 29.4 Å². The number of allylic oxidation sites excluding steroid dienone is 3. The molecule has 4 heterocycles. The Morgan fingerprint density at radius 3 is 2.35 bits per heavy atom. The highest BCUT2D eigenvalue weighted by atomic mass is 16.7. The normalized spacial score (nSPS) is 39.8. The molecule has 0 aromatic carbocycles. The van der Waals surface area contributed by atoms with Crippen molar-refractivity contribution in [3.8, 4) is 0 Å². The number of hydrogen-bond donors (Lipinski definition) is 2. The van der Waals surface area contributed by atoms with Gasteiger partial charge in [0.25, 0.3) is 11.7 Å². The molecular weight excluding hydrogens is 801 g/mol. The summed E-state index contributed by atoms with van der Waals surface area (Å²) in [4.78, 5) is 76.5. The molecule has 1 amide bonds. The third-order valence-electron chi connectivity index (χ3n) is 13.7. The first-order valence-electron chi connectivity index (χ1n) is 22.8. The summed E-state index contributed by atoms with van der Waals surface area (Å²) < 4.78 is 35.5. The molecule has 0 aromatic rings. The number of fused-ring (bicyclic) bond motifs is 4. The van der Waals surface area contributed by atoms with Crippen LogP contribution < -0.4 is 0 Å². The number of piperidine rings is 1. The molecule has 15 heteroatoms. The molecular formula is C47H72N2O13. The maximum Gasteiger partial charge on any atom is 0.355 e. The lowest BCUT2D eigenvalue weighted by atomic mass is 9.82. The minimum atomic E-state index is -2.57. The fourth-order valence-electron chi connectivity index (χ4n) is 10.1. The Balaban J connectivity index is 1.54. The van der Waals surface area contributed by atoms with E-state index in [1.54, 1.807) is 27.7 Å². The van der Waals surface area contributed by atoms with E-state index in [0.717, 1.165) is 23.3 Å². The van der Waals surface area contributed by atoms with Crippen molar-refractivity contribution in [1.82, 2.24) is 4.90 Å². The molecule has 348 valence electrons. The van der Waals surface area contributed by atoms with Crippen LogP contribution >= 0.6 is 0 Å². The molecule has 62 heavy (non-hydrogen) atoms. The average molecular weight is 873 g/mol. The van der Waals surface area contributed by atoms with E-state index in [1.165, 1.54) is 20.4 Å². The topological polar surface area (TPSA) is 197 Å². The highest BCUT2D eigenvalue weighted by molar-refractivity contribution is 6.39. The Bertz CT molecular complexity index is 1700. The van der Waals surface area contributed by atoms with Crippen LogP contribution in [-0.2, 0) is 52.4 Å². The first kappa shape index (κ1) is 49.7. The maximum absolute atomic E-state index is 15.0. The number of amides is 1. The first-order chi connectivity index (χ1) is 29.3. The van der Waals surface area contributed by atoms with Gasteiger partial charge in [-0.2, -0.15) is 0 Å². The Hall–Kier alpha value is -3.34. The van der Waals surface area contributed by atoms with Crippen LogP contribution in [0.4, 0.5) is 0 Å². The fourth-order valence-corrected chi connectivity index (χ4v) is 10.1. The summed E-state index contributed by atoms with van der Waals surface area (Å²) in [5.41, 5.74) is -0.429. The van der Waals surface area contributed by atoms with Gasteiger partial charge in [0.15, 0.2) is 0 Å². The number of Topliss-reactive ketones (excluding diaryl/α,β-unsaturated/α-hetero) is 2. The third-order valence-corrected chi connectivity index (χ3v) is 13.7. The van der Waals surface area contributed by atoms with Crippen LogP contribution in [0.5, 0.6) is 0 Å². The third kappa shape index (κ3) is 11.5. The molecule has 0 aromatic heterocycles. The number of nitrogens with zero attached hydrogens (tertiary/aromatic N) is 2. The quantitative estimate of drug-likeness (QED) is 0.183. The van der Waals surface area contributed by atoms with Crippen molar-refractivity contribution in [2.45, 2.75) is 180 Å². The SMILES string of the molecule is CO[C@H]1C[C@@H](C)C/C(C)=C/[C@H]2C/C=N\[C@]3(CCCCN3C(=O)C(=O)[C@]3(O)O[C@H]1[C@@H](OC)C[C@H]3C)C(=O)O[C@H](/C(C)=C/C1CCC(OCC(=O)OC(C)C)CC1)[C@H](C)[C@@H](O)CC2=O. The van der Waals surface area contributed by atoms with Crippen LogP contribution in [0.1, 0.15) is 126 Å². The fraction of sp³-hybridized carbons (Fsp3) is 0.787. The van der Waals surface area contributed by atoms with E-state index in [4.69, 9.17) is 33.4 Å². The number of aliphatic imine (C=N–C) groups is 1. The number of methoxy groups -OCH3 is 2. The minimum absolute atomic E-state index is 0.00275. The number of carbonyl (C=O) groups excluding carboxylic acids is 5. The highest BCUT2D eigenvalue weighted by Gasteiger charge is 2.59. The molecule has 4 aliphatic heterocycles. The monoisotopic (exact) mass is 873 g/mol. The lowest BCUT2D eigenvalue weighted by Crippen LogP contribution is -2.67. The Morgan fingerprint density at radius 1 is 1.02 bits per heavy atom. The number of aliphatic hydroxyl groups excluding tert-OH is 1. The van der Waals surface area contributed by atoms with Crippen LogP contribution in [0.3, 0.4) is 0 Å². The first-order valence-corrected chi connectivity index (χ1v) is 22.8. The Labute approximate surface area is 367 Å². The molecule has 3 fully saturated rings. The standard InChI is InChI=1S/C47H72N2O13/c1-27(2)60-40(52)26-59-35-14-12-33(13-15-35)23-30(5)41-32(7)36(50)25-37(51)34-16-18-48-46(45(55)61-41)17-10-11-19-49(46)44(54)43(53)47(56)31(6)24-39(58-9)42(62-47)38(57-8)22-29(4)20-28(3)21-34/h18,21,23,27,29,31-36,38-39,41-42,50,56H,10-17,19-20,22,24-26H2,1-9H3/b28-21+,30-23+,48-18-/t29-,31+,32+,33?,34+,35?,36-,38-,39-,41+,42+,46-,47+/m0/s1. The van der Waals surface area contributed by atoms with Gasteiger partial charge in [-0.05, 0) is 109 Å². The molecule has 1 aliphatic carbocycles. The zero-order chi connectivity index (χ0) is 45.5. The molecule has 11 atom stereocenters. The molecule has 5 aliphatic rings. The number of hydrogen-bond acceptors (Lipinski definition) is 14. The average Bonchev–Trinajstić information content (AvgIpc) is 3.23. The van der Waals surface area contributed by atoms with E-state index in [0.29, 0.717) is 44.1 Å². The van der Waals surface area contributed by atoms with Crippen molar-refractivity contribution in [2.75, 3.05) is 27.4 Å². The Morgan fingerprint density at radius 2 is 1.69 bits per heavy atom. The molecule has 2 saturated heterocycles. The van der Waals surface area contributed by atoms with Crippen LogP contribution in [0, 0.1) is 29.6 Å². The molecule has 0 unspecified atom stereocenters. The Kier molecular flexibility index (Phi) is 17.3. The van der Waals surface area contributed by atoms with Crippen molar-refractivity contribution in [1.29, 1.82) is 0 Å². The second-order valence-corrected chi connectivity index (χ2v) is 19.0. The van der Waals surface area contributed by atoms with E-state index in [1.807, 2.05) is 32.9 Å². The number of esters is 2. The van der Waals surface area contributed by atoms with Crippen LogP contribution in [0.15, 0.2) is 28.3 Å². The van der Waals surface area contributed by atoms with Gasteiger partial charge in [0.1, 0.15) is 24.6 Å². The molecule has 2 N–H and O–H groups in total. The summed E-state index contributed by atoms with van der Waals surface area (Å²) in [5.74, 6) is -8.69. The lowest BCUT2D eigenvalue weighted by Gasteiger charge is -2.48. The number of cyclic esters (lactones) is 1. The van der Waals surface area contributed by atoms with Gasteiger partial charge in [0, 0.05) is 57.6 Å². The van der Waals surface area contributed by atoms with Gasteiger partial charge in [-0.15, -0.1) is 0 Å². The summed E-state index contributed by atoms with van der Waals surface area (Å²) in [5, 5.41) is 24.0. The number of carbonyl (C=O) groups is 5. The summed E-state index contributed by atoms with van der Waals surface area (Å²) in [6, 6.07) is 0. The molecule has 1 saturated carbocycles. The number of aliphatic hydroxyl groups is 2. The van der Waals surface area contributed by atoms with E-state index < -0.39 is 83.4 Å². The van der Waals surface area contributed by atoms with Crippen molar-refractivity contribution in [2.24, 2.45) is 34.6 Å². The largest absolute Gasteiger partial charge is 0.461 e. The molecule has 4 bridgehead atoms. The highest BCUT2D eigenvalue weighted by Crippen LogP contribution is 2.41. The summed E-state index contributed by atoms with van der Waals surface area (Å²) in [7, 11) is 3.05. The zero-order valence-electron chi connectivity index (χ0n) is 38.3. The number of rotatable bonds is 8. The van der Waals surface area contributed by atoms with E-state index >= 15 is 4.79 Å². The molecule has 1 spiro atoms. The maximum atomic E-state index is 15.0. The lowest BCUT2D eigenvalue weighted by molar-refractivity contribution is -0.302. The van der Waals surface area contributed by atoms with E-state index in [2.05, 4.69) is 0 Å². The van der Waals surface area contributed by atoms with Gasteiger partial charge in [0.2, 0.25) is 11.4 Å². The second kappa shape index (κ2) is 21.6. The van der Waals surface area contributed by atoms with Gasteiger partial charge < -0.3 is 43.5 Å². The molecule has 15 nitrogen and oxygen atoms in total. The van der Waals surface area contributed by atoms with Crippen LogP contribution in [0.2, 0.25) is 0 Å². The summed E-state index contributed by atoms with van der Waals surface area (Å²) in [6.45, 7) is 12.6. The predicted octanol–water partition coefficient (Wildman–Crippen LogP) is 5.22. The second-order valence-electron chi connectivity index (χ2n) is 19.0. The van der Waals surface area contributed by atoms with Gasteiger partial charge in [-0.25, -0.2) is 9.59 Å². The van der Waals surface area contributed by atoms with E-state index in [-0.39, 0.29) is 68.7 Å². The van der Waals surface area contributed by atoms with Crippen molar-refractivity contribution < 1.29 is 62.6 Å². The summed E-state index contributed by atoms with van der Waals surface area (Å²) >= 11 is 0. The van der Waals surface area contributed by atoms with Gasteiger partial charge >= 0.3 is 11.9 Å². The van der Waals surface area contributed by atoms with Gasteiger partial charge in [-0.1, -0.05) is 38.5 Å². The predicted molar refractivity (Wildman–Crippen MR) is 229 cm³/mol. The smallest absolute Gasteiger partial charge is 0.355 e. The number of ketones is 2. The van der Waals surface area contributed by atoms with Crippen molar-refractivity contribution in [3.05, 3.63) is 23.3 Å². The van der Waals surface area contributed by atoms with Gasteiger partial charge in [-0.3, -0.25) is 19.4 Å². The molecule has 0 radical (unpaired) electrons. The molecule has 5 rings (SSSR count). The van der Waals surface area contributed by atoms with Crippen LogP contribution in [0.25, 0.3) is 0 Å². The number of ether oxygens (including phenoxy) is 6. The summed E-state index contributed by atoms with van der Waals surface area (Å²) in [6.07, 6.45) is 5.65.